The van der Waals surface area contributed by atoms with E-state index in [-0.39, 0.29) is 11.7 Å². The SMILES string of the molecule is C=CCOc1ccc(CN(C)C(=O)CSc2nnc(C)n2-c2ccc(OC)cc2)cc1. The molecule has 0 aliphatic rings. The number of carbonyl (C=O) groups excluding carboxylic acids is 1. The fourth-order valence-corrected chi connectivity index (χ4v) is 3.85. The minimum Gasteiger partial charge on any atom is -0.497 e. The first-order chi connectivity index (χ1) is 15.0. The summed E-state index contributed by atoms with van der Waals surface area (Å²) in [5.41, 5.74) is 1.95. The van der Waals surface area contributed by atoms with Gasteiger partial charge >= 0.3 is 0 Å². The number of rotatable bonds is 10. The zero-order valence-electron chi connectivity index (χ0n) is 17.9. The Hall–Kier alpha value is -3.26. The summed E-state index contributed by atoms with van der Waals surface area (Å²) in [6.45, 7) is 6.51. The van der Waals surface area contributed by atoms with Gasteiger partial charge in [0.05, 0.1) is 12.9 Å². The average Bonchev–Trinajstić information content (AvgIpc) is 3.17. The largest absolute Gasteiger partial charge is 0.497 e. The van der Waals surface area contributed by atoms with E-state index < -0.39 is 0 Å². The molecule has 0 aliphatic heterocycles. The molecule has 3 rings (SSSR count). The van der Waals surface area contributed by atoms with Gasteiger partial charge in [0, 0.05) is 19.3 Å². The van der Waals surface area contributed by atoms with E-state index in [0.29, 0.717) is 18.3 Å². The number of benzene rings is 2. The molecule has 0 N–H and O–H groups in total. The van der Waals surface area contributed by atoms with E-state index >= 15 is 0 Å². The summed E-state index contributed by atoms with van der Waals surface area (Å²) in [4.78, 5) is 14.4. The molecule has 0 bridgehead atoms. The van der Waals surface area contributed by atoms with Crippen LogP contribution < -0.4 is 9.47 Å². The highest BCUT2D eigenvalue weighted by atomic mass is 32.2. The lowest BCUT2D eigenvalue weighted by Gasteiger charge is -2.17. The van der Waals surface area contributed by atoms with Gasteiger partial charge in [-0.2, -0.15) is 0 Å². The van der Waals surface area contributed by atoms with E-state index in [4.69, 9.17) is 9.47 Å². The summed E-state index contributed by atoms with van der Waals surface area (Å²) >= 11 is 1.37. The van der Waals surface area contributed by atoms with Crippen LogP contribution in [0.4, 0.5) is 0 Å². The highest BCUT2D eigenvalue weighted by molar-refractivity contribution is 7.99. The average molecular weight is 439 g/mol. The van der Waals surface area contributed by atoms with Crippen LogP contribution in [0.2, 0.25) is 0 Å². The fraction of sp³-hybridized carbons (Fsp3) is 0.261. The Morgan fingerprint density at radius 2 is 1.81 bits per heavy atom. The number of carbonyl (C=O) groups is 1. The monoisotopic (exact) mass is 438 g/mol. The third-order valence-electron chi connectivity index (χ3n) is 4.59. The molecule has 0 fully saturated rings. The number of hydrogen-bond acceptors (Lipinski definition) is 6. The van der Waals surface area contributed by atoms with Gasteiger partial charge in [-0.3, -0.25) is 9.36 Å². The molecule has 31 heavy (non-hydrogen) atoms. The van der Waals surface area contributed by atoms with E-state index in [0.717, 1.165) is 28.6 Å². The summed E-state index contributed by atoms with van der Waals surface area (Å²) in [7, 11) is 3.43. The summed E-state index contributed by atoms with van der Waals surface area (Å²) in [5, 5.41) is 9.08. The van der Waals surface area contributed by atoms with Crippen LogP contribution >= 0.6 is 11.8 Å². The molecule has 0 saturated carbocycles. The van der Waals surface area contributed by atoms with Crippen LogP contribution in [0.1, 0.15) is 11.4 Å². The van der Waals surface area contributed by atoms with Crippen LogP contribution in [0.25, 0.3) is 5.69 Å². The van der Waals surface area contributed by atoms with Gasteiger partial charge in [0.2, 0.25) is 5.91 Å². The maximum atomic E-state index is 12.7. The standard InChI is InChI=1S/C23H26N4O3S/c1-5-14-30-21-10-6-18(7-11-21)15-26(3)22(28)16-31-23-25-24-17(2)27(23)19-8-12-20(29-4)13-9-19/h5-13H,1,14-16H2,2-4H3. The molecule has 0 aliphatic carbocycles. The van der Waals surface area contributed by atoms with Crippen LogP contribution in [0.15, 0.2) is 66.3 Å². The molecular formula is C23H26N4O3S. The third-order valence-corrected chi connectivity index (χ3v) is 5.50. The molecule has 0 radical (unpaired) electrons. The number of ether oxygens (including phenoxy) is 2. The first-order valence-corrected chi connectivity index (χ1v) is 10.8. The molecular weight excluding hydrogens is 412 g/mol. The number of methoxy groups -OCH3 is 1. The minimum atomic E-state index is 0.0129. The van der Waals surface area contributed by atoms with Crippen molar-refractivity contribution in [2.24, 2.45) is 0 Å². The maximum absolute atomic E-state index is 12.7. The molecule has 3 aromatic rings. The van der Waals surface area contributed by atoms with Crippen molar-refractivity contribution in [3.05, 3.63) is 72.6 Å². The van der Waals surface area contributed by atoms with Gasteiger partial charge in [-0.1, -0.05) is 36.5 Å². The normalized spacial score (nSPS) is 10.5. The van der Waals surface area contributed by atoms with Crippen molar-refractivity contribution in [3.63, 3.8) is 0 Å². The summed E-state index contributed by atoms with van der Waals surface area (Å²) < 4.78 is 12.6. The second-order valence-corrected chi connectivity index (χ2v) is 7.79. The lowest BCUT2D eigenvalue weighted by molar-refractivity contribution is -0.127. The molecule has 1 aromatic heterocycles. The summed E-state index contributed by atoms with van der Waals surface area (Å²) in [6, 6.07) is 15.4. The summed E-state index contributed by atoms with van der Waals surface area (Å²) in [6.07, 6.45) is 1.70. The lowest BCUT2D eigenvalue weighted by atomic mass is 10.2. The number of nitrogens with zero attached hydrogens (tertiary/aromatic N) is 4. The van der Waals surface area contributed by atoms with Crippen LogP contribution in [-0.4, -0.2) is 52.1 Å². The second kappa shape index (κ2) is 10.7. The zero-order valence-corrected chi connectivity index (χ0v) is 18.8. The molecule has 1 heterocycles. The highest BCUT2D eigenvalue weighted by Crippen LogP contribution is 2.24. The third kappa shape index (κ3) is 5.88. The number of thioether (sulfide) groups is 1. The van der Waals surface area contributed by atoms with Crippen molar-refractivity contribution in [1.82, 2.24) is 19.7 Å². The van der Waals surface area contributed by atoms with Gasteiger partial charge in [0.1, 0.15) is 23.9 Å². The molecule has 2 aromatic carbocycles. The molecule has 0 atom stereocenters. The van der Waals surface area contributed by atoms with Crippen LogP contribution in [0.5, 0.6) is 11.5 Å². The first-order valence-electron chi connectivity index (χ1n) is 9.77. The quantitative estimate of drug-likeness (QED) is 0.353. The van der Waals surface area contributed by atoms with Crippen LogP contribution in [-0.2, 0) is 11.3 Å². The Morgan fingerprint density at radius 3 is 2.45 bits per heavy atom. The van der Waals surface area contributed by atoms with Gasteiger partial charge in [0.15, 0.2) is 5.16 Å². The van der Waals surface area contributed by atoms with Crippen molar-refractivity contribution in [2.75, 3.05) is 26.5 Å². The van der Waals surface area contributed by atoms with Crippen molar-refractivity contribution < 1.29 is 14.3 Å². The Labute approximate surface area is 186 Å². The molecule has 0 spiro atoms. The van der Waals surface area contributed by atoms with E-state index in [1.54, 1.807) is 25.1 Å². The molecule has 0 unspecified atom stereocenters. The molecule has 162 valence electrons. The lowest BCUT2D eigenvalue weighted by Crippen LogP contribution is -2.27. The van der Waals surface area contributed by atoms with Crippen LogP contribution in [0, 0.1) is 6.92 Å². The zero-order chi connectivity index (χ0) is 22.2. The van der Waals surface area contributed by atoms with E-state index in [1.807, 2.05) is 60.0 Å². The predicted molar refractivity (Wildman–Crippen MR) is 122 cm³/mol. The number of aromatic nitrogens is 3. The topological polar surface area (TPSA) is 69.5 Å². The molecule has 0 saturated heterocycles. The smallest absolute Gasteiger partial charge is 0.233 e. The van der Waals surface area contributed by atoms with Crippen molar-refractivity contribution in [2.45, 2.75) is 18.6 Å². The summed E-state index contributed by atoms with van der Waals surface area (Å²) in [5.74, 6) is 2.60. The van der Waals surface area contributed by atoms with Gasteiger partial charge in [-0.25, -0.2) is 0 Å². The van der Waals surface area contributed by atoms with Crippen molar-refractivity contribution in [3.8, 4) is 17.2 Å². The number of amides is 1. The number of hydrogen-bond donors (Lipinski definition) is 0. The first kappa shape index (κ1) is 22.4. The highest BCUT2D eigenvalue weighted by Gasteiger charge is 2.16. The Balaban J connectivity index is 1.59. The predicted octanol–water partition coefficient (Wildman–Crippen LogP) is 3.90. The van der Waals surface area contributed by atoms with Crippen LogP contribution in [0.3, 0.4) is 0 Å². The van der Waals surface area contributed by atoms with E-state index in [9.17, 15) is 4.79 Å². The Kier molecular flexibility index (Phi) is 7.72. The molecule has 8 heteroatoms. The van der Waals surface area contributed by atoms with E-state index in [2.05, 4.69) is 16.8 Å². The molecule has 7 nitrogen and oxygen atoms in total. The molecule has 1 amide bonds. The second-order valence-electron chi connectivity index (χ2n) is 6.85. The van der Waals surface area contributed by atoms with Gasteiger partial charge in [-0.05, 0) is 48.9 Å². The number of aryl methyl sites for hydroxylation is 1. The van der Waals surface area contributed by atoms with Crippen molar-refractivity contribution in [1.29, 1.82) is 0 Å². The van der Waals surface area contributed by atoms with E-state index in [1.165, 1.54) is 11.8 Å². The Morgan fingerprint density at radius 1 is 1.13 bits per heavy atom. The van der Waals surface area contributed by atoms with Crippen molar-refractivity contribution >= 4 is 17.7 Å². The van der Waals surface area contributed by atoms with Gasteiger partial charge in [-0.15, -0.1) is 10.2 Å². The van der Waals surface area contributed by atoms with Gasteiger partial charge < -0.3 is 14.4 Å². The Bertz CT molecular complexity index is 1020. The van der Waals surface area contributed by atoms with Gasteiger partial charge in [0.25, 0.3) is 0 Å². The minimum absolute atomic E-state index is 0.0129. The fourth-order valence-electron chi connectivity index (χ4n) is 2.91. The maximum Gasteiger partial charge on any atom is 0.233 e.